The minimum atomic E-state index is 0.0902. The summed E-state index contributed by atoms with van der Waals surface area (Å²) in [4.78, 5) is 12.6. The lowest BCUT2D eigenvalue weighted by molar-refractivity contribution is 0.577. The molecule has 1 aromatic heterocycles. The van der Waals surface area contributed by atoms with Crippen molar-refractivity contribution in [1.29, 1.82) is 0 Å². The first kappa shape index (κ1) is 14.5. The zero-order valence-electron chi connectivity index (χ0n) is 12.6. The standard InChI is InChI=1S/C17H22N2O/c1-12(2)19-16(14-7-5-13(3)6-8-14)10-9-15(11-18-4)17(19)20/h5-10,12,18H,11H2,1-4H3. The van der Waals surface area contributed by atoms with Crippen molar-refractivity contribution in [1.82, 2.24) is 9.88 Å². The maximum atomic E-state index is 12.6. The van der Waals surface area contributed by atoms with Crippen molar-refractivity contribution in [3.05, 3.63) is 57.9 Å². The molecule has 1 aromatic carbocycles. The Balaban J connectivity index is 2.61. The lowest BCUT2D eigenvalue weighted by Crippen LogP contribution is -2.28. The van der Waals surface area contributed by atoms with Gasteiger partial charge < -0.3 is 9.88 Å². The second-order valence-electron chi connectivity index (χ2n) is 5.41. The van der Waals surface area contributed by atoms with Gasteiger partial charge in [0.1, 0.15) is 0 Å². The lowest BCUT2D eigenvalue weighted by Gasteiger charge is -2.18. The molecule has 0 aliphatic carbocycles. The smallest absolute Gasteiger partial charge is 0.255 e. The number of benzene rings is 1. The predicted molar refractivity (Wildman–Crippen MR) is 84.0 cm³/mol. The van der Waals surface area contributed by atoms with Crippen LogP contribution < -0.4 is 10.9 Å². The van der Waals surface area contributed by atoms with E-state index in [0.29, 0.717) is 6.54 Å². The Hall–Kier alpha value is -1.87. The quantitative estimate of drug-likeness (QED) is 0.926. The van der Waals surface area contributed by atoms with Gasteiger partial charge >= 0.3 is 0 Å². The predicted octanol–water partition coefficient (Wildman–Crippen LogP) is 3.12. The Bertz CT molecular complexity index is 639. The van der Waals surface area contributed by atoms with Crippen molar-refractivity contribution in [2.24, 2.45) is 0 Å². The molecule has 0 saturated heterocycles. The third-order valence-corrected chi connectivity index (χ3v) is 3.43. The number of aryl methyl sites for hydroxylation is 1. The van der Waals surface area contributed by atoms with E-state index in [9.17, 15) is 4.79 Å². The van der Waals surface area contributed by atoms with E-state index in [1.807, 2.05) is 37.6 Å². The molecule has 0 aliphatic heterocycles. The molecule has 0 fully saturated rings. The Morgan fingerprint density at radius 2 is 1.75 bits per heavy atom. The zero-order valence-corrected chi connectivity index (χ0v) is 12.6. The molecule has 0 atom stereocenters. The van der Waals surface area contributed by atoms with Gasteiger partial charge in [0.25, 0.3) is 5.56 Å². The molecule has 0 unspecified atom stereocenters. The van der Waals surface area contributed by atoms with E-state index < -0.39 is 0 Å². The fraction of sp³-hybridized carbons (Fsp3) is 0.353. The first-order chi connectivity index (χ1) is 9.54. The van der Waals surface area contributed by atoms with Gasteiger partial charge in [0.15, 0.2) is 0 Å². The van der Waals surface area contributed by atoms with E-state index in [2.05, 4.69) is 36.5 Å². The highest BCUT2D eigenvalue weighted by atomic mass is 16.1. The molecule has 20 heavy (non-hydrogen) atoms. The van der Waals surface area contributed by atoms with Gasteiger partial charge in [0.05, 0.1) is 5.69 Å². The van der Waals surface area contributed by atoms with Crippen molar-refractivity contribution in [3.8, 4) is 11.3 Å². The molecule has 1 heterocycles. The molecule has 2 aromatic rings. The van der Waals surface area contributed by atoms with Crippen molar-refractivity contribution < 1.29 is 0 Å². The second-order valence-corrected chi connectivity index (χ2v) is 5.41. The molecule has 0 amide bonds. The topological polar surface area (TPSA) is 34.0 Å². The van der Waals surface area contributed by atoms with E-state index in [0.717, 1.165) is 16.8 Å². The summed E-state index contributed by atoms with van der Waals surface area (Å²) in [5.74, 6) is 0. The number of nitrogens with one attached hydrogen (secondary N) is 1. The Morgan fingerprint density at radius 1 is 1.10 bits per heavy atom. The zero-order chi connectivity index (χ0) is 14.7. The largest absolute Gasteiger partial charge is 0.315 e. The lowest BCUT2D eigenvalue weighted by atomic mass is 10.1. The number of pyridine rings is 1. The first-order valence-electron chi connectivity index (χ1n) is 7.00. The van der Waals surface area contributed by atoms with Crippen LogP contribution in [-0.2, 0) is 6.54 Å². The summed E-state index contributed by atoms with van der Waals surface area (Å²) >= 11 is 0. The van der Waals surface area contributed by atoms with Gasteiger partial charge in [-0.2, -0.15) is 0 Å². The van der Waals surface area contributed by atoms with Crippen molar-refractivity contribution in [3.63, 3.8) is 0 Å². The summed E-state index contributed by atoms with van der Waals surface area (Å²) in [6, 6.07) is 12.4. The molecule has 0 saturated carbocycles. The van der Waals surface area contributed by atoms with Crippen molar-refractivity contribution >= 4 is 0 Å². The van der Waals surface area contributed by atoms with E-state index in [1.165, 1.54) is 5.56 Å². The molecule has 3 heteroatoms. The van der Waals surface area contributed by atoms with Crippen LogP contribution in [0.1, 0.15) is 31.0 Å². The van der Waals surface area contributed by atoms with Gasteiger partial charge in [-0.05, 0) is 39.4 Å². The SMILES string of the molecule is CNCc1ccc(-c2ccc(C)cc2)n(C(C)C)c1=O. The Kier molecular flexibility index (Phi) is 4.40. The van der Waals surface area contributed by atoms with E-state index in [4.69, 9.17) is 0 Å². The third-order valence-electron chi connectivity index (χ3n) is 3.43. The van der Waals surface area contributed by atoms with E-state index >= 15 is 0 Å². The summed E-state index contributed by atoms with van der Waals surface area (Å²) in [7, 11) is 1.85. The monoisotopic (exact) mass is 270 g/mol. The van der Waals surface area contributed by atoms with Gasteiger partial charge in [0.2, 0.25) is 0 Å². The second kappa shape index (κ2) is 6.06. The van der Waals surface area contributed by atoms with Crippen LogP contribution in [0.25, 0.3) is 11.3 Å². The van der Waals surface area contributed by atoms with Gasteiger partial charge in [0, 0.05) is 18.2 Å². The molecule has 2 rings (SSSR count). The van der Waals surface area contributed by atoms with Crippen LogP contribution in [0.3, 0.4) is 0 Å². The number of rotatable bonds is 4. The fourth-order valence-electron chi connectivity index (χ4n) is 2.39. The summed E-state index contributed by atoms with van der Waals surface area (Å²) in [5, 5.41) is 3.04. The molecular formula is C17H22N2O. The summed E-state index contributed by atoms with van der Waals surface area (Å²) < 4.78 is 1.87. The molecule has 1 N–H and O–H groups in total. The number of hydrogen-bond acceptors (Lipinski definition) is 2. The highest BCUT2D eigenvalue weighted by Gasteiger charge is 2.12. The maximum absolute atomic E-state index is 12.6. The Morgan fingerprint density at radius 3 is 2.30 bits per heavy atom. The number of hydrogen-bond donors (Lipinski definition) is 1. The molecule has 3 nitrogen and oxygen atoms in total. The van der Waals surface area contributed by atoms with Crippen LogP contribution in [0.2, 0.25) is 0 Å². The van der Waals surface area contributed by atoms with E-state index in [-0.39, 0.29) is 11.6 Å². The minimum absolute atomic E-state index is 0.0902. The molecule has 0 radical (unpaired) electrons. The van der Waals surface area contributed by atoms with Crippen LogP contribution in [0.4, 0.5) is 0 Å². The van der Waals surface area contributed by atoms with Gasteiger partial charge in [-0.3, -0.25) is 4.79 Å². The summed E-state index contributed by atoms with van der Waals surface area (Å²) in [5.41, 5.74) is 4.17. The number of aromatic nitrogens is 1. The highest BCUT2D eigenvalue weighted by molar-refractivity contribution is 5.60. The van der Waals surface area contributed by atoms with E-state index in [1.54, 1.807) is 0 Å². The van der Waals surface area contributed by atoms with Crippen molar-refractivity contribution in [2.75, 3.05) is 7.05 Å². The van der Waals surface area contributed by atoms with Gasteiger partial charge in [-0.1, -0.05) is 35.9 Å². The molecule has 0 spiro atoms. The third kappa shape index (κ3) is 2.83. The molecule has 106 valence electrons. The molecule has 0 bridgehead atoms. The average molecular weight is 270 g/mol. The minimum Gasteiger partial charge on any atom is -0.315 e. The van der Waals surface area contributed by atoms with Crippen molar-refractivity contribution in [2.45, 2.75) is 33.4 Å². The number of nitrogens with zero attached hydrogens (tertiary/aromatic N) is 1. The highest BCUT2D eigenvalue weighted by Crippen LogP contribution is 2.21. The normalized spacial score (nSPS) is 11.1. The van der Waals surface area contributed by atoms with Crippen LogP contribution in [0.5, 0.6) is 0 Å². The van der Waals surface area contributed by atoms with Crippen LogP contribution >= 0.6 is 0 Å². The van der Waals surface area contributed by atoms with Gasteiger partial charge in [-0.25, -0.2) is 0 Å². The fourth-order valence-corrected chi connectivity index (χ4v) is 2.39. The Labute approximate surface area is 120 Å². The van der Waals surface area contributed by atoms with Crippen LogP contribution in [-0.4, -0.2) is 11.6 Å². The summed E-state index contributed by atoms with van der Waals surface area (Å²) in [6.07, 6.45) is 0. The average Bonchev–Trinajstić information content (AvgIpc) is 2.41. The maximum Gasteiger partial charge on any atom is 0.255 e. The van der Waals surface area contributed by atoms with Crippen LogP contribution in [0.15, 0.2) is 41.2 Å². The first-order valence-corrected chi connectivity index (χ1v) is 7.00. The van der Waals surface area contributed by atoms with Gasteiger partial charge in [-0.15, -0.1) is 0 Å². The molecule has 0 aliphatic rings. The molecular weight excluding hydrogens is 248 g/mol. The summed E-state index contributed by atoms with van der Waals surface area (Å²) in [6.45, 7) is 6.75. The van der Waals surface area contributed by atoms with Crippen LogP contribution in [0, 0.1) is 6.92 Å².